The van der Waals surface area contributed by atoms with Gasteiger partial charge in [-0.25, -0.2) is 0 Å². The van der Waals surface area contributed by atoms with E-state index in [-0.39, 0.29) is 17.9 Å². The molecule has 2 aliphatic rings. The summed E-state index contributed by atoms with van der Waals surface area (Å²) in [6.45, 7) is 8.14. The minimum Gasteiger partial charge on any atom is -0.493 e. The van der Waals surface area contributed by atoms with E-state index in [0.29, 0.717) is 31.2 Å². The van der Waals surface area contributed by atoms with Crippen LogP contribution in [0.5, 0.6) is 5.75 Å². The third-order valence-electron chi connectivity index (χ3n) is 4.91. The van der Waals surface area contributed by atoms with Crippen LogP contribution in [0.25, 0.3) is 0 Å². The molecule has 3 rings (SSSR count). The third kappa shape index (κ3) is 4.55. The molecule has 0 spiro atoms. The molecular weight excluding hydrogens is 330 g/mol. The van der Waals surface area contributed by atoms with Crippen molar-refractivity contribution in [1.82, 2.24) is 15.1 Å². The first-order chi connectivity index (χ1) is 12.5. The molecule has 0 aromatic heterocycles. The van der Waals surface area contributed by atoms with Crippen LogP contribution >= 0.6 is 0 Å². The lowest BCUT2D eigenvalue weighted by Gasteiger charge is -2.41. The van der Waals surface area contributed by atoms with Crippen LogP contribution in [-0.4, -0.2) is 67.0 Å². The molecule has 2 fully saturated rings. The minimum atomic E-state index is 0.0206. The maximum atomic E-state index is 13.0. The van der Waals surface area contributed by atoms with E-state index in [2.05, 4.69) is 19.2 Å². The average molecular weight is 359 g/mol. The second-order valence-corrected chi connectivity index (χ2v) is 7.54. The maximum Gasteiger partial charge on any atom is 0.254 e. The number of nitrogens with zero attached hydrogens (tertiary/aromatic N) is 2. The lowest BCUT2D eigenvalue weighted by atomic mass is 10.0. The van der Waals surface area contributed by atoms with E-state index < -0.39 is 0 Å². The van der Waals surface area contributed by atoms with Crippen molar-refractivity contribution in [2.24, 2.45) is 5.92 Å². The highest BCUT2D eigenvalue weighted by Crippen LogP contribution is 2.21. The van der Waals surface area contributed by atoms with Crippen LogP contribution in [0.1, 0.15) is 37.0 Å². The van der Waals surface area contributed by atoms with Crippen LogP contribution in [0, 0.1) is 5.92 Å². The first-order valence-electron chi connectivity index (χ1n) is 9.57. The van der Waals surface area contributed by atoms with Crippen LogP contribution in [0.3, 0.4) is 0 Å². The number of piperazine rings is 1. The molecule has 1 aromatic carbocycles. The third-order valence-corrected chi connectivity index (χ3v) is 4.91. The predicted molar refractivity (Wildman–Crippen MR) is 100 cm³/mol. The maximum absolute atomic E-state index is 13.0. The number of carbonyl (C=O) groups is 2. The molecule has 0 radical (unpaired) electrons. The Kier molecular flexibility index (Phi) is 6.14. The number of benzene rings is 1. The summed E-state index contributed by atoms with van der Waals surface area (Å²) < 4.78 is 5.75. The monoisotopic (exact) mass is 359 g/mol. The van der Waals surface area contributed by atoms with Gasteiger partial charge in [-0.1, -0.05) is 19.9 Å². The minimum absolute atomic E-state index is 0.0206. The van der Waals surface area contributed by atoms with Gasteiger partial charge in [-0.15, -0.1) is 0 Å². The number of piperidine rings is 1. The molecule has 2 aliphatic heterocycles. The highest BCUT2D eigenvalue weighted by molar-refractivity contribution is 5.94. The fourth-order valence-corrected chi connectivity index (χ4v) is 3.57. The Bertz CT molecular complexity index is 647. The average Bonchev–Trinajstić information content (AvgIpc) is 2.66. The standard InChI is InChI=1S/C20H29N3O3/c1-15(2)14-26-18-7-3-5-16(11-18)20(25)22-9-4-6-17(13-22)23-10-8-21-12-19(23)24/h3,5,7,11,15,17,21H,4,6,8-10,12-14H2,1-2H3. The Morgan fingerprint density at radius 3 is 2.96 bits per heavy atom. The predicted octanol–water partition coefficient (Wildman–Crippen LogP) is 1.76. The molecular formula is C20H29N3O3. The smallest absolute Gasteiger partial charge is 0.254 e. The summed E-state index contributed by atoms with van der Waals surface area (Å²) in [5, 5.41) is 3.10. The molecule has 6 heteroatoms. The van der Waals surface area contributed by atoms with Crippen LogP contribution in [-0.2, 0) is 4.79 Å². The number of ether oxygens (including phenoxy) is 1. The van der Waals surface area contributed by atoms with Crippen LogP contribution in [0.15, 0.2) is 24.3 Å². The zero-order valence-corrected chi connectivity index (χ0v) is 15.7. The van der Waals surface area contributed by atoms with Gasteiger partial charge >= 0.3 is 0 Å². The second-order valence-electron chi connectivity index (χ2n) is 7.54. The van der Waals surface area contributed by atoms with Gasteiger partial charge in [0.1, 0.15) is 5.75 Å². The molecule has 1 unspecified atom stereocenters. The van der Waals surface area contributed by atoms with Gasteiger partial charge < -0.3 is 19.9 Å². The van der Waals surface area contributed by atoms with Crippen molar-refractivity contribution >= 4 is 11.8 Å². The van der Waals surface area contributed by atoms with Crippen LogP contribution in [0.4, 0.5) is 0 Å². The highest BCUT2D eigenvalue weighted by Gasteiger charge is 2.31. The van der Waals surface area contributed by atoms with E-state index in [1.807, 2.05) is 34.1 Å². The molecule has 2 saturated heterocycles. The second kappa shape index (κ2) is 8.54. The Hall–Kier alpha value is -2.08. The van der Waals surface area contributed by atoms with E-state index in [9.17, 15) is 9.59 Å². The van der Waals surface area contributed by atoms with Gasteiger partial charge in [0.15, 0.2) is 0 Å². The molecule has 0 saturated carbocycles. The first kappa shape index (κ1) is 18.7. The van der Waals surface area contributed by atoms with Crippen LogP contribution < -0.4 is 10.1 Å². The molecule has 1 aromatic rings. The lowest BCUT2D eigenvalue weighted by Crippen LogP contribution is -2.57. The molecule has 1 N–H and O–H groups in total. The van der Waals surface area contributed by atoms with Crippen molar-refractivity contribution < 1.29 is 14.3 Å². The molecule has 26 heavy (non-hydrogen) atoms. The normalized spacial score (nSPS) is 21.2. The molecule has 1 atom stereocenters. The summed E-state index contributed by atoms with van der Waals surface area (Å²) in [5.41, 5.74) is 0.651. The van der Waals surface area contributed by atoms with Crippen molar-refractivity contribution in [2.75, 3.05) is 39.3 Å². The first-order valence-corrected chi connectivity index (χ1v) is 9.57. The SMILES string of the molecule is CC(C)COc1cccc(C(=O)N2CCCC(N3CCNCC3=O)C2)c1. The van der Waals surface area contributed by atoms with Crippen LogP contribution in [0.2, 0.25) is 0 Å². The summed E-state index contributed by atoms with van der Waals surface area (Å²) in [5.74, 6) is 1.33. The van der Waals surface area contributed by atoms with Gasteiger partial charge in [-0.3, -0.25) is 9.59 Å². The molecule has 2 heterocycles. The van der Waals surface area contributed by atoms with Gasteiger partial charge in [0.2, 0.25) is 5.91 Å². The number of hydrogen-bond acceptors (Lipinski definition) is 4. The van der Waals surface area contributed by atoms with Gasteiger partial charge in [0.05, 0.1) is 13.2 Å². The van der Waals surface area contributed by atoms with Gasteiger partial charge in [0.25, 0.3) is 5.91 Å². The zero-order valence-electron chi connectivity index (χ0n) is 15.7. The fraction of sp³-hybridized carbons (Fsp3) is 0.600. The van der Waals surface area contributed by atoms with Crippen molar-refractivity contribution in [3.8, 4) is 5.75 Å². The molecule has 2 amide bonds. The van der Waals surface area contributed by atoms with E-state index >= 15 is 0 Å². The van der Waals surface area contributed by atoms with E-state index in [0.717, 1.165) is 38.2 Å². The Morgan fingerprint density at radius 1 is 1.35 bits per heavy atom. The number of carbonyl (C=O) groups excluding carboxylic acids is 2. The Labute approximate surface area is 155 Å². The topological polar surface area (TPSA) is 61.9 Å². The summed E-state index contributed by atoms with van der Waals surface area (Å²) in [6.07, 6.45) is 1.89. The number of hydrogen-bond donors (Lipinski definition) is 1. The van der Waals surface area contributed by atoms with Crippen molar-refractivity contribution in [3.63, 3.8) is 0 Å². The molecule has 0 aliphatic carbocycles. The van der Waals surface area contributed by atoms with Gasteiger partial charge in [-0.2, -0.15) is 0 Å². The largest absolute Gasteiger partial charge is 0.493 e. The van der Waals surface area contributed by atoms with Crippen molar-refractivity contribution in [1.29, 1.82) is 0 Å². The Balaban J connectivity index is 1.65. The molecule has 142 valence electrons. The summed E-state index contributed by atoms with van der Waals surface area (Å²) in [6, 6.07) is 7.54. The number of amides is 2. The lowest BCUT2D eigenvalue weighted by molar-refractivity contribution is -0.135. The van der Waals surface area contributed by atoms with Crippen molar-refractivity contribution in [3.05, 3.63) is 29.8 Å². The van der Waals surface area contributed by atoms with E-state index in [1.54, 1.807) is 0 Å². The van der Waals surface area contributed by atoms with E-state index in [1.165, 1.54) is 0 Å². The summed E-state index contributed by atoms with van der Waals surface area (Å²) in [7, 11) is 0. The number of rotatable bonds is 5. The fourth-order valence-electron chi connectivity index (χ4n) is 3.57. The van der Waals surface area contributed by atoms with Crippen molar-refractivity contribution in [2.45, 2.75) is 32.7 Å². The Morgan fingerprint density at radius 2 is 2.19 bits per heavy atom. The number of nitrogens with one attached hydrogen (secondary N) is 1. The quantitative estimate of drug-likeness (QED) is 0.870. The summed E-state index contributed by atoms with van der Waals surface area (Å²) >= 11 is 0. The number of likely N-dealkylation sites (tertiary alicyclic amines) is 1. The van der Waals surface area contributed by atoms with Gasteiger partial charge in [0, 0.05) is 37.8 Å². The molecule has 6 nitrogen and oxygen atoms in total. The zero-order chi connectivity index (χ0) is 18.5. The summed E-state index contributed by atoms with van der Waals surface area (Å²) in [4.78, 5) is 28.9. The highest BCUT2D eigenvalue weighted by atomic mass is 16.5. The molecule has 0 bridgehead atoms. The van der Waals surface area contributed by atoms with Gasteiger partial charge in [-0.05, 0) is 37.0 Å². The van der Waals surface area contributed by atoms with E-state index in [4.69, 9.17) is 4.74 Å².